The van der Waals surface area contributed by atoms with Crippen molar-refractivity contribution >= 4 is 37.1 Å². The van der Waals surface area contributed by atoms with Gasteiger partial charge in [-0.2, -0.15) is 0 Å². The van der Waals surface area contributed by atoms with Gasteiger partial charge in [0.15, 0.2) is 0 Å². The van der Waals surface area contributed by atoms with Gasteiger partial charge in [0.25, 0.3) is 0 Å². The molecule has 31 heavy (non-hydrogen) atoms. The van der Waals surface area contributed by atoms with Gasteiger partial charge in [0, 0.05) is 0 Å². The van der Waals surface area contributed by atoms with E-state index in [1.54, 1.807) is 0 Å². The Hall–Kier alpha value is -1.27. The summed E-state index contributed by atoms with van der Waals surface area (Å²) in [6.45, 7) is 0. The summed E-state index contributed by atoms with van der Waals surface area (Å²) in [5, 5.41) is 5.94. The van der Waals surface area contributed by atoms with E-state index in [1.807, 2.05) is 0 Å². The molecule has 0 aliphatic carbocycles. The van der Waals surface area contributed by atoms with Crippen LogP contribution < -0.4 is 21.2 Å². The van der Waals surface area contributed by atoms with Crippen molar-refractivity contribution in [3.63, 3.8) is 0 Å². The summed E-state index contributed by atoms with van der Waals surface area (Å²) in [6.07, 6.45) is 3.72. The van der Waals surface area contributed by atoms with Crippen LogP contribution in [0.15, 0.2) is 121 Å². The van der Waals surface area contributed by atoms with Crippen LogP contribution in [0.3, 0.4) is 0 Å². The van der Waals surface area contributed by atoms with Crippen LogP contribution in [0.1, 0.15) is 6.42 Å². The maximum Gasteiger partial charge on any atom is 2.00 e. The molecule has 4 heteroatoms. The summed E-state index contributed by atoms with van der Waals surface area (Å²) in [5.41, 5.74) is 0. The second-order valence-electron chi connectivity index (χ2n) is 7.00. The first-order valence-electron chi connectivity index (χ1n) is 10.2. The van der Waals surface area contributed by atoms with E-state index in [1.165, 1.54) is 40.0 Å². The summed E-state index contributed by atoms with van der Waals surface area (Å²) in [7, 11) is -0.618. The molecule has 0 amide bonds. The Balaban J connectivity index is 0.00000171. The summed E-state index contributed by atoms with van der Waals surface area (Å²) >= 11 is 0. The zero-order chi connectivity index (χ0) is 19.7. The molecule has 0 heterocycles. The van der Waals surface area contributed by atoms with Crippen molar-refractivity contribution in [1.82, 2.24) is 0 Å². The number of rotatable bonds is 8. The van der Waals surface area contributed by atoms with E-state index in [2.05, 4.69) is 121 Å². The average Bonchev–Trinajstić information content (AvgIpc) is 2.81. The Labute approximate surface area is 209 Å². The van der Waals surface area contributed by atoms with Gasteiger partial charge in [0.2, 0.25) is 0 Å². The molecule has 0 N–H and O–H groups in total. The Bertz CT molecular complexity index is 819. The minimum atomic E-state index is -0.309. The monoisotopic (exact) mass is 528 g/mol. The van der Waals surface area contributed by atoms with Gasteiger partial charge in [-0.3, -0.25) is 0 Å². The molecule has 0 aliphatic rings. The molecule has 0 aromatic heterocycles. The van der Waals surface area contributed by atoms with Crippen LogP contribution in [0.4, 0.5) is 0 Å². The average molecular weight is 530 g/mol. The molecule has 0 spiro atoms. The number of hydrogen-bond acceptors (Lipinski definition) is 0. The van der Waals surface area contributed by atoms with Gasteiger partial charge in [-0.1, -0.05) is 121 Å². The third-order valence-corrected chi connectivity index (χ3v) is 10.2. The molecular formula is C27H26Ni2P2+4. The Kier molecular flexibility index (Phi) is 11.7. The summed E-state index contributed by atoms with van der Waals surface area (Å²) in [6, 6.07) is 44.3. The van der Waals surface area contributed by atoms with Gasteiger partial charge in [-0.05, 0) is 55.8 Å². The molecule has 4 rings (SSSR count). The van der Waals surface area contributed by atoms with E-state index in [-0.39, 0.29) is 48.8 Å². The molecule has 0 radical (unpaired) electrons. The van der Waals surface area contributed by atoms with Crippen molar-refractivity contribution in [3.05, 3.63) is 121 Å². The normalized spacial score (nSPS) is 10.4. The molecule has 4 aromatic rings. The molecule has 4 aromatic carbocycles. The molecule has 0 saturated heterocycles. The molecule has 0 unspecified atom stereocenters. The fourth-order valence-electron chi connectivity index (χ4n) is 3.63. The van der Waals surface area contributed by atoms with Crippen LogP contribution >= 0.6 is 15.8 Å². The van der Waals surface area contributed by atoms with E-state index < -0.39 is 0 Å². The van der Waals surface area contributed by atoms with Crippen molar-refractivity contribution in [2.24, 2.45) is 0 Å². The quantitative estimate of drug-likeness (QED) is 0.205. The zero-order valence-corrected chi connectivity index (χ0v) is 21.0. The maximum atomic E-state index is 2.30. The Morgan fingerprint density at radius 1 is 0.355 bits per heavy atom. The minimum Gasteiger partial charge on any atom is -0.0622 e. The van der Waals surface area contributed by atoms with Crippen LogP contribution in [0.5, 0.6) is 0 Å². The van der Waals surface area contributed by atoms with E-state index in [4.69, 9.17) is 0 Å². The largest absolute Gasteiger partial charge is 2.00 e. The molecule has 0 bridgehead atoms. The van der Waals surface area contributed by atoms with Gasteiger partial charge < -0.3 is 0 Å². The van der Waals surface area contributed by atoms with Gasteiger partial charge in [0.05, 0.1) is 0 Å². The molecule has 160 valence electrons. The topological polar surface area (TPSA) is 0 Å². The van der Waals surface area contributed by atoms with Crippen molar-refractivity contribution < 1.29 is 33.0 Å². The standard InChI is InChI=1S/C27H26P2.2Ni/c1-5-14-24(15-6-1)28(25-16-7-2-8-17-25)22-13-23-29(26-18-9-3-10-19-26)27-20-11-4-12-21-27;;/h1-12,14-21H,13,22-23H2;;/q;2*+2. The van der Waals surface area contributed by atoms with Crippen molar-refractivity contribution in [2.45, 2.75) is 6.42 Å². The van der Waals surface area contributed by atoms with Crippen LogP contribution in [0, 0.1) is 0 Å². The van der Waals surface area contributed by atoms with Gasteiger partial charge in [-0.15, -0.1) is 0 Å². The second kappa shape index (κ2) is 14.0. The summed E-state index contributed by atoms with van der Waals surface area (Å²) in [4.78, 5) is 0. The molecule has 0 atom stereocenters. The number of hydrogen-bond donors (Lipinski definition) is 0. The SMILES string of the molecule is [Ni+2].[Ni+2].c1ccc(P(CCCP(c2ccccc2)c2ccccc2)c2ccccc2)cc1. The predicted octanol–water partition coefficient (Wildman–Crippen LogP) is 5.64. The predicted molar refractivity (Wildman–Crippen MR) is 132 cm³/mol. The summed E-state index contributed by atoms with van der Waals surface area (Å²) in [5.74, 6) is 0. The van der Waals surface area contributed by atoms with E-state index in [0.29, 0.717) is 0 Å². The van der Waals surface area contributed by atoms with Crippen molar-refractivity contribution in [1.29, 1.82) is 0 Å². The van der Waals surface area contributed by atoms with Crippen LogP contribution in [-0.4, -0.2) is 12.3 Å². The number of benzene rings is 4. The van der Waals surface area contributed by atoms with Crippen LogP contribution in [-0.2, 0) is 33.0 Å². The molecule has 0 saturated carbocycles. The van der Waals surface area contributed by atoms with Crippen molar-refractivity contribution in [3.8, 4) is 0 Å². The van der Waals surface area contributed by atoms with Gasteiger partial charge >= 0.3 is 33.0 Å². The summed E-state index contributed by atoms with van der Waals surface area (Å²) < 4.78 is 0. The molecular weight excluding hydrogens is 504 g/mol. The van der Waals surface area contributed by atoms with E-state index in [0.717, 1.165) is 0 Å². The second-order valence-corrected chi connectivity index (χ2v) is 11.7. The first-order valence-corrected chi connectivity index (χ1v) is 13.2. The van der Waals surface area contributed by atoms with Gasteiger partial charge in [-0.25, -0.2) is 0 Å². The first-order chi connectivity index (χ1) is 14.4. The van der Waals surface area contributed by atoms with Crippen molar-refractivity contribution in [2.75, 3.05) is 12.3 Å². The zero-order valence-electron chi connectivity index (χ0n) is 17.2. The maximum absolute atomic E-state index is 2.30. The third kappa shape index (κ3) is 7.38. The Morgan fingerprint density at radius 2 is 0.581 bits per heavy atom. The van der Waals surface area contributed by atoms with E-state index >= 15 is 0 Å². The minimum absolute atomic E-state index is 0. The molecule has 0 aliphatic heterocycles. The fourth-order valence-corrected chi connectivity index (χ4v) is 8.59. The van der Waals surface area contributed by atoms with Crippen LogP contribution in [0.25, 0.3) is 0 Å². The Morgan fingerprint density at radius 3 is 0.806 bits per heavy atom. The molecule has 0 nitrogen and oxygen atoms in total. The first kappa shape index (κ1) is 26.0. The van der Waals surface area contributed by atoms with Crippen LogP contribution in [0.2, 0.25) is 0 Å². The third-order valence-electron chi connectivity index (χ3n) is 5.03. The van der Waals surface area contributed by atoms with Gasteiger partial charge in [0.1, 0.15) is 0 Å². The van der Waals surface area contributed by atoms with E-state index in [9.17, 15) is 0 Å². The fraction of sp³-hybridized carbons (Fsp3) is 0.111. The molecule has 0 fully saturated rings. The smallest absolute Gasteiger partial charge is 0.0622 e.